The summed E-state index contributed by atoms with van der Waals surface area (Å²) in [5.41, 5.74) is 7.11. The van der Waals surface area contributed by atoms with Crippen molar-refractivity contribution < 1.29 is 0 Å². The third kappa shape index (κ3) is 3.23. The molecule has 2 aromatic rings. The van der Waals surface area contributed by atoms with Gasteiger partial charge < -0.3 is 5.32 Å². The largest absolute Gasteiger partial charge is 0.370 e. The molecule has 0 saturated carbocycles. The average Bonchev–Trinajstić information content (AvgIpc) is 2.44. The van der Waals surface area contributed by atoms with Crippen LogP contribution in [0.2, 0.25) is 0 Å². The van der Waals surface area contributed by atoms with Crippen molar-refractivity contribution in [3.63, 3.8) is 0 Å². The Bertz CT molecular complexity index is 660. The van der Waals surface area contributed by atoms with Crippen LogP contribution in [-0.2, 0) is 0 Å². The number of aryl methyl sites for hydroxylation is 4. The summed E-state index contributed by atoms with van der Waals surface area (Å²) in [6.45, 7) is 13.6. The van der Waals surface area contributed by atoms with Crippen molar-refractivity contribution >= 4 is 5.82 Å². The van der Waals surface area contributed by atoms with Gasteiger partial charge in [0.05, 0.1) is 0 Å². The minimum absolute atomic E-state index is 0.817. The van der Waals surface area contributed by atoms with Crippen LogP contribution in [0.3, 0.4) is 0 Å². The van der Waals surface area contributed by atoms with E-state index >= 15 is 0 Å². The van der Waals surface area contributed by atoms with E-state index < -0.39 is 0 Å². The number of nitrogens with zero attached hydrogens (tertiary/aromatic N) is 2. The Balaban J connectivity index is 2.54. The topological polar surface area (TPSA) is 37.8 Å². The fourth-order valence-electron chi connectivity index (χ4n) is 2.37. The van der Waals surface area contributed by atoms with Gasteiger partial charge in [0.15, 0.2) is 5.82 Å². The highest BCUT2D eigenvalue weighted by atomic mass is 15.0. The molecule has 0 radical (unpaired) electrons. The van der Waals surface area contributed by atoms with Gasteiger partial charge in [-0.25, -0.2) is 9.97 Å². The number of anilines is 1. The number of nitrogens with one attached hydrogen (secondary N) is 1. The summed E-state index contributed by atoms with van der Waals surface area (Å²) in [6.07, 6.45) is 1.08. The van der Waals surface area contributed by atoms with Crippen molar-refractivity contribution in [3.05, 3.63) is 40.1 Å². The number of hydrogen-bond acceptors (Lipinski definition) is 3. The Morgan fingerprint density at radius 3 is 2.24 bits per heavy atom. The lowest BCUT2D eigenvalue weighted by atomic mass is 10.00. The molecule has 0 unspecified atom stereocenters. The Morgan fingerprint density at radius 1 is 0.905 bits per heavy atom. The second-order valence-electron chi connectivity index (χ2n) is 5.78. The van der Waals surface area contributed by atoms with E-state index in [0.29, 0.717) is 0 Å². The SMILES string of the molecule is CCCNc1nc(-c2cc(C)c(C)cc2C)nc(C)c1C. The van der Waals surface area contributed by atoms with Gasteiger partial charge in [-0.2, -0.15) is 0 Å². The van der Waals surface area contributed by atoms with Gasteiger partial charge in [0, 0.05) is 23.4 Å². The van der Waals surface area contributed by atoms with E-state index in [9.17, 15) is 0 Å². The predicted octanol–water partition coefficient (Wildman–Crippen LogP) is 4.51. The van der Waals surface area contributed by atoms with Crippen LogP contribution < -0.4 is 5.32 Å². The molecule has 0 saturated heterocycles. The number of aromatic nitrogens is 2. The molecule has 3 heteroatoms. The standard InChI is InChI=1S/C18H25N3/c1-7-8-19-17-14(5)15(6)20-18(21-17)16-10-12(3)11(2)9-13(16)4/h9-10H,7-8H2,1-6H3,(H,19,20,21). The molecule has 3 nitrogen and oxygen atoms in total. The molecule has 1 aromatic heterocycles. The predicted molar refractivity (Wildman–Crippen MR) is 89.9 cm³/mol. The van der Waals surface area contributed by atoms with Crippen molar-refractivity contribution in [2.45, 2.75) is 48.0 Å². The first kappa shape index (κ1) is 15.5. The maximum Gasteiger partial charge on any atom is 0.162 e. The van der Waals surface area contributed by atoms with Gasteiger partial charge in [-0.3, -0.25) is 0 Å². The van der Waals surface area contributed by atoms with Crippen LogP contribution >= 0.6 is 0 Å². The van der Waals surface area contributed by atoms with Crippen LogP contribution in [0.4, 0.5) is 5.82 Å². The second-order valence-corrected chi connectivity index (χ2v) is 5.78. The Morgan fingerprint density at radius 2 is 1.57 bits per heavy atom. The Hall–Kier alpha value is -1.90. The van der Waals surface area contributed by atoms with Crippen molar-refractivity contribution in [1.82, 2.24) is 9.97 Å². The van der Waals surface area contributed by atoms with Gasteiger partial charge in [-0.05, 0) is 63.8 Å². The summed E-state index contributed by atoms with van der Waals surface area (Å²) in [5.74, 6) is 1.77. The van der Waals surface area contributed by atoms with E-state index in [0.717, 1.165) is 41.4 Å². The lowest BCUT2D eigenvalue weighted by Gasteiger charge is -2.14. The fraction of sp³-hybridized carbons (Fsp3) is 0.444. The summed E-state index contributed by atoms with van der Waals surface area (Å²) < 4.78 is 0. The summed E-state index contributed by atoms with van der Waals surface area (Å²) in [6, 6.07) is 4.40. The van der Waals surface area contributed by atoms with Crippen LogP contribution in [0.1, 0.15) is 41.3 Å². The van der Waals surface area contributed by atoms with E-state index in [1.54, 1.807) is 0 Å². The maximum absolute atomic E-state index is 4.75. The van der Waals surface area contributed by atoms with E-state index in [2.05, 4.69) is 52.1 Å². The number of hydrogen-bond donors (Lipinski definition) is 1. The minimum atomic E-state index is 0.817. The van der Waals surface area contributed by atoms with Gasteiger partial charge in [0.2, 0.25) is 0 Å². The lowest BCUT2D eigenvalue weighted by Crippen LogP contribution is -2.08. The summed E-state index contributed by atoms with van der Waals surface area (Å²) >= 11 is 0. The molecule has 0 aliphatic rings. The second kappa shape index (κ2) is 6.25. The van der Waals surface area contributed by atoms with Crippen LogP contribution in [0.25, 0.3) is 11.4 Å². The molecule has 0 aliphatic heterocycles. The van der Waals surface area contributed by atoms with Gasteiger partial charge >= 0.3 is 0 Å². The Kier molecular flexibility index (Phi) is 4.61. The molecule has 0 spiro atoms. The molecule has 0 atom stereocenters. The lowest BCUT2D eigenvalue weighted by molar-refractivity contribution is 0.954. The number of benzene rings is 1. The molecule has 1 heterocycles. The smallest absolute Gasteiger partial charge is 0.162 e. The van der Waals surface area contributed by atoms with Crippen LogP contribution in [0.15, 0.2) is 12.1 Å². The third-order valence-corrected chi connectivity index (χ3v) is 4.01. The van der Waals surface area contributed by atoms with Crippen LogP contribution in [-0.4, -0.2) is 16.5 Å². The molecule has 0 amide bonds. The molecule has 21 heavy (non-hydrogen) atoms. The fourth-order valence-corrected chi connectivity index (χ4v) is 2.37. The zero-order chi connectivity index (χ0) is 15.6. The van der Waals surface area contributed by atoms with Crippen molar-refractivity contribution in [2.75, 3.05) is 11.9 Å². The normalized spacial score (nSPS) is 10.8. The highest BCUT2D eigenvalue weighted by Crippen LogP contribution is 2.26. The number of rotatable bonds is 4. The van der Waals surface area contributed by atoms with E-state index in [1.165, 1.54) is 16.7 Å². The third-order valence-electron chi connectivity index (χ3n) is 4.01. The van der Waals surface area contributed by atoms with Crippen LogP contribution in [0.5, 0.6) is 0 Å². The molecular weight excluding hydrogens is 258 g/mol. The first-order valence-corrected chi connectivity index (χ1v) is 7.61. The Labute approximate surface area is 127 Å². The van der Waals surface area contributed by atoms with Crippen molar-refractivity contribution in [3.8, 4) is 11.4 Å². The average molecular weight is 283 g/mol. The first-order valence-electron chi connectivity index (χ1n) is 7.61. The highest BCUT2D eigenvalue weighted by molar-refractivity contribution is 5.65. The zero-order valence-electron chi connectivity index (χ0n) is 14.0. The van der Waals surface area contributed by atoms with E-state index in [-0.39, 0.29) is 0 Å². The summed E-state index contributed by atoms with van der Waals surface area (Å²) in [5, 5.41) is 3.41. The highest BCUT2D eigenvalue weighted by Gasteiger charge is 2.12. The summed E-state index contributed by atoms with van der Waals surface area (Å²) in [7, 11) is 0. The van der Waals surface area contributed by atoms with Gasteiger partial charge in [-0.1, -0.05) is 13.0 Å². The zero-order valence-corrected chi connectivity index (χ0v) is 14.0. The quantitative estimate of drug-likeness (QED) is 0.897. The first-order chi connectivity index (χ1) is 9.93. The van der Waals surface area contributed by atoms with Crippen molar-refractivity contribution in [2.24, 2.45) is 0 Å². The molecule has 0 bridgehead atoms. The van der Waals surface area contributed by atoms with E-state index in [4.69, 9.17) is 9.97 Å². The molecule has 0 aliphatic carbocycles. The molecule has 2 rings (SSSR count). The van der Waals surface area contributed by atoms with Crippen LogP contribution in [0, 0.1) is 34.6 Å². The van der Waals surface area contributed by atoms with Crippen molar-refractivity contribution in [1.29, 1.82) is 0 Å². The monoisotopic (exact) mass is 283 g/mol. The van der Waals surface area contributed by atoms with Gasteiger partial charge in [-0.15, -0.1) is 0 Å². The van der Waals surface area contributed by atoms with Gasteiger partial charge in [0.25, 0.3) is 0 Å². The van der Waals surface area contributed by atoms with Gasteiger partial charge in [0.1, 0.15) is 5.82 Å². The molecule has 112 valence electrons. The van der Waals surface area contributed by atoms with E-state index in [1.807, 2.05) is 6.92 Å². The molecule has 1 N–H and O–H groups in total. The summed E-state index contributed by atoms with van der Waals surface area (Å²) in [4.78, 5) is 9.44. The maximum atomic E-state index is 4.75. The minimum Gasteiger partial charge on any atom is -0.370 e. The molecular formula is C18H25N3. The molecule has 0 fully saturated rings. The molecule has 1 aromatic carbocycles.